The molecule has 198 valence electrons. The molecule has 5 saturated carbocycles. The molecular formula is C32H42N2O3. The second-order valence-corrected chi connectivity index (χ2v) is 13.6. The molecule has 2 bridgehead atoms. The Morgan fingerprint density at radius 1 is 1.05 bits per heavy atom. The van der Waals surface area contributed by atoms with E-state index >= 15 is 0 Å². The summed E-state index contributed by atoms with van der Waals surface area (Å²) in [5.74, 6) is 0.328. The molecular weight excluding hydrogens is 460 g/mol. The second-order valence-electron chi connectivity index (χ2n) is 13.6. The number of carbonyl (C=O) groups excluding carboxylic acids is 1. The summed E-state index contributed by atoms with van der Waals surface area (Å²) >= 11 is 0. The van der Waals surface area contributed by atoms with Crippen molar-refractivity contribution in [2.24, 2.45) is 11.3 Å². The summed E-state index contributed by atoms with van der Waals surface area (Å²) in [5, 5.41) is 12.7. The molecule has 0 aliphatic heterocycles. The van der Waals surface area contributed by atoms with E-state index in [2.05, 4.69) is 61.8 Å². The maximum atomic E-state index is 13.6. The Bertz CT molecular complexity index is 1240. The molecule has 0 radical (unpaired) electrons. The number of nitrogens with zero attached hydrogens (tertiary/aromatic N) is 1. The topological polar surface area (TPSA) is 71.3 Å². The van der Waals surface area contributed by atoms with Crippen LogP contribution in [0.1, 0.15) is 118 Å². The monoisotopic (exact) mass is 502 g/mol. The second kappa shape index (κ2) is 8.47. The van der Waals surface area contributed by atoms with Crippen LogP contribution >= 0.6 is 0 Å². The number of nitrogens with one attached hydrogen (secondary N) is 1. The molecule has 2 N–H and O–H groups in total. The normalized spacial score (nSPS) is 27.9. The fourth-order valence-electron chi connectivity index (χ4n) is 7.39. The van der Waals surface area contributed by atoms with Crippen LogP contribution in [0.15, 0.2) is 24.3 Å². The lowest BCUT2D eigenvalue weighted by Gasteiger charge is -2.67. The summed E-state index contributed by atoms with van der Waals surface area (Å²) in [5.41, 5.74) is 6.31. The smallest absolute Gasteiger partial charge is 0.309 e. The third-order valence-electron chi connectivity index (χ3n) is 10.3. The Balaban J connectivity index is 1.36. The number of hydrogen-bond acceptors (Lipinski definition) is 2. The van der Waals surface area contributed by atoms with Crippen molar-refractivity contribution in [1.82, 2.24) is 9.88 Å². The van der Waals surface area contributed by atoms with Crippen molar-refractivity contribution in [1.29, 1.82) is 0 Å². The molecule has 2 aromatic rings. The first-order valence-corrected chi connectivity index (χ1v) is 14.5. The summed E-state index contributed by atoms with van der Waals surface area (Å²) in [6, 6.07) is 9.23. The molecule has 5 fully saturated rings. The molecule has 1 aromatic carbocycles. The summed E-state index contributed by atoms with van der Waals surface area (Å²) in [7, 11) is 0. The highest BCUT2D eigenvalue weighted by Crippen LogP contribution is 2.67. The zero-order chi connectivity index (χ0) is 26.2. The maximum Gasteiger partial charge on any atom is 0.309 e. The van der Waals surface area contributed by atoms with Gasteiger partial charge in [-0.1, -0.05) is 46.1 Å². The van der Waals surface area contributed by atoms with E-state index in [9.17, 15) is 14.7 Å². The standard InChI is InChI=1S/C32H42N2O3/c1-20(2)23-12-24(14-25(13-23)30(4)10-11-30)27-15-26(21(3)34(27)16-22-8-6-5-7-9-22)28(35)33-32-17-31(18-32,19-32)29(36)37/h12-15,20,22H,5-11,16-19H2,1-4H3,(H,33,35)(H,36,37). The summed E-state index contributed by atoms with van der Waals surface area (Å²) in [6.45, 7) is 9.95. The quantitative estimate of drug-likeness (QED) is 0.410. The third kappa shape index (κ3) is 4.13. The minimum atomic E-state index is -0.717. The summed E-state index contributed by atoms with van der Waals surface area (Å²) in [6.07, 6.45) is 10.6. The number of rotatable bonds is 8. The average molecular weight is 503 g/mol. The molecule has 37 heavy (non-hydrogen) atoms. The number of carboxylic acid groups (broad SMARTS) is 1. The Labute approximate surface area is 221 Å². The largest absolute Gasteiger partial charge is 0.481 e. The van der Waals surface area contributed by atoms with Crippen molar-refractivity contribution in [2.45, 2.75) is 115 Å². The first kappa shape index (κ1) is 24.8. The van der Waals surface area contributed by atoms with Crippen molar-refractivity contribution < 1.29 is 14.7 Å². The van der Waals surface area contributed by atoms with Gasteiger partial charge in [-0.3, -0.25) is 9.59 Å². The molecule has 5 aliphatic rings. The van der Waals surface area contributed by atoms with E-state index in [0.717, 1.165) is 23.5 Å². The Hall–Kier alpha value is -2.56. The van der Waals surface area contributed by atoms with Crippen LogP contribution < -0.4 is 5.32 Å². The van der Waals surface area contributed by atoms with Gasteiger partial charge in [0.05, 0.1) is 11.0 Å². The van der Waals surface area contributed by atoms with E-state index in [1.165, 1.54) is 61.6 Å². The third-order valence-corrected chi connectivity index (χ3v) is 10.3. The van der Waals surface area contributed by atoms with Crippen molar-refractivity contribution in [3.8, 4) is 11.3 Å². The van der Waals surface area contributed by atoms with Crippen LogP contribution in [0.25, 0.3) is 11.3 Å². The van der Waals surface area contributed by atoms with Crippen LogP contribution in [0.3, 0.4) is 0 Å². The van der Waals surface area contributed by atoms with E-state index in [4.69, 9.17) is 0 Å². The van der Waals surface area contributed by atoms with Gasteiger partial charge in [-0.05, 0) is 104 Å². The molecule has 1 heterocycles. The molecule has 0 spiro atoms. The van der Waals surface area contributed by atoms with E-state index in [-0.39, 0.29) is 16.9 Å². The Morgan fingerprint density at radius 2 is 1.73 bits per heavy atom. The number of carbonyl (C=O) groups is 2. The molecule has 0 atom stereocenters. The Kier molecular flexibility index (Phi) is 5.67. The van der Waals surface area contributed by atoms with E-state index in [0.29, 0.717) is 31.1 Å². The lowest BCUT2D eigenvalue weighted by atomic mass is 9.39. The molecule has 1 amide bonds. The van der Waals surface area contributed by atoms with Gasteiger partial charge in [0.1, 0.15) is 0 Å². The lowest BCUT2D eigenvalue weighted by Crippen LogP contribution is -2.77. The van der Waals surface area contributed by atoms with Gasteiger partial charge in [0.25, 0.3) is 5.91 Å². The summed E-state index contributed by atoms with van der Waals surface area (Å²) in [4.78, 5) is 25.2. The van der Waals surface area contributed by atoms with Crippen LogP contribution in [0.2, 0.25) is 0 Å². The minimum absolute atomic E-state index is 0.0470. The fourth-order valence-corrected chi connectivity index (χ4v) is 7.39. The van der Waals surface area contributed by atoms with Gasteiger partial charge in [-0.25, -0.2) is 0 Å². The zero-order valence-electron chi connectivity index (χ0n) is 23.0. The molecule has 5 nitrogen and oxygen atoms in total. The van der Waals surface area contributed by atoms with Crippen molar-refractivity contribution in [2.75, 3.05) is 0 Å². The molecule has 5 heteroatoms. The fraction of sp³-hybridized carbons (Fsp3) is 0.625. The molecule has 0 saturated heterocycles. The van der Waals surface area contributed by atoms with Crippen LogP contribution in [0.5, 0.6) is 0 Å². The number of amides is 1. The SMILES string of the molecule is Cc1c(C(=O)NC23CC(C(=O)O)(C2)C3)cc(-c2cc(C(C)C)cc(C3(C)CC3)c2)n1CC1CCCCC1. The van der Waals surface area contributed by atoms with Gasteiger partial charge in [0, 0.05) is 23.5 Å². The number of carboxylic acids is 1. The zero-order valence-corrected chi connectivity index (χ0v) is 23.0. The highest BCUT2D eigenvalue weighted by Gasteiger charge is 2.72. The summed E-state index contributed by atoms with van der Waals surface area (Å²) < 4.78 is 2.42. The lowest BCUT2D eigenvalue weighted by molar-refractivity contribution is -0.196. The number of aliphatic carboxylic acids is 1. The number of benzene rings is 1. The van der Waals surface area contributed by atoms with Crippen LogP contribution in [0, 0.1) is 18.3 Å². The van der Waals surface area contributed by atoms with Crippen LogP contribution in [-0.4, -0.2) is 27.1 Å². The van der Waals surface area contributed by atoms with Gasteiger partial charge in [-0.15, -0.1) is 0 Å². The highest BCUT2D eigenvalue weighted by molar-refractivity contribution is 5.98. The van der Waals surface area contributed by atoms with Crippen LogP contribution in [0.4, 0.5) is 0 Å². The predicted molar refractivity (Wildman–Crippen MR) is 146 cm³/mol. The van der Waals surface area contributed by atoms with Crippen molar-refractivity contribution in [3.63, 3.8) is 0 Å². The van der Waals surface area contributed by atoms with Gasteiger partial charge >= 0.3 is 5.97 Å². The van der Waals surface area contributed by atoms with E-state index in [1.807, 2.05) is 0 Å². The molecule has 1 aromatic heterocycles. The first-order valence-electron chi connectivity index (χ1n) is 14.5. The van der Waals surface area contributed by atoms with Crippen molar-refractivity contribution in [3.05, 3.63) is 46.6 Å². The van der Waals surface area contributed by atoms with Gasteiger partial charge in [0.2, 0.25) is 0 Å². The van der Waals surface area contributed by atoms with Crippen LogP contribution in [-0.2, 0) is 16.8 Å². The maximum absolute atomic E-state index is 13.6. The predicted octanol–water partition coefficient (Wildman–Crippen LogP) is 6.96. The van der Waals surface area contributed by atoms with E-state index in [1.54, 1.807) is 0 Å². The van der Waals surface area contributed by atoms with Crippen molar-refractivity contribution >= 4 is 11.9 Å². The highest BCUT2D eigenvalue weighted by atomic mass is 16.4. The Morgan fingerprint density at radius 3 is 2.32 bits per heavy atom. The number of hydrogen-bond donors (Lipinski definition) is 2. The molecule has 5 aliphatic carbocycles. The number of aromatic nitrogens is 1. The van der Waals surface area contributed by atoms with Gasteiger partial charge in [-0.2, -0.15) is 0 Å². The van der Waals surface area contributed by atoms with Gasteiger partial charge < -0.3 is 15.0 Å². The minimum Gasteiger partial charge on any atom is -0.481 e. The molecule has 0 unspecified atom stereocenters. The molecule has 7 rings (SSSR count). The van der Waals surface area contributed by atoms with E-state index < -0.39 is 11.4 Å². The first-order chi connectivity index (χ1) is 17.5. The average Bonchev–Trinajstić information content (AvgIpc) is 3.49. The van der Waals surface area contributed by atoms with Gasteiger partial charge in [0.15, 0.2) is 0 Å².